The van der Waals surface area contributed by atoms with Crippen molar-refractivity contribution in [2.75, 3.05) is 13.7 Å². The summed E-state index contributed by atoms with van der Waals surface area (Å²) in [5.74, 6) is -3.64. The lowest BCUT2D eigenvalue weighted by atomic mass is 9.92. The molecule has 1 aliphatic rings. The van der Waals surface area contributed by atoms with Gasteiger partial charge < -0.3 is 24.8 Å². The molecule has 6 unspecified atom stereocenters. The Morgan fingerprint density at radius 2 is 1.74 bits per heavy atom. The minimum Gasteiger partial charge on any atom is -0.495 e. The second-order valence-electron chi connectivity index (χ2n) is 12.0. The van der Waals surface area contributed by atoms with E-state index >= 15 is 0 Å². The highest BCUT2D eigenvalue weighted by atomic mass is 79.9. The summed E-state index contributed by atoms with van der Waals surface area (Å²) in [5, 5.41) is 5.77. The van der Waals surface area contributed by atoms with Gasteiger partial charge in [0.15, 0.2) is 11.9 Å². The fourth-order valence-electron chi connectivity index (χ4n) is 4.93. The molecule has 254 valence electrons. The highest BCUT2D eigenvalue weighted by Crippen LogP contribution is 2.27. The molecule has 10 nitrogen and oxygen atoms in total. The third-order valence-corrected chi connectivity index (χ3v) is 9.29. The number of ketones is 1. The molecule has 2 N–H and O–H groups in total. The van der Waals surface area contributed by atoms with E-state index in [1.54, 1.807) is 62.4 Å². The first-order chi connectivity index (χ1) is 22.3. The molecule has 0 saturated carbocycles. The number of Topliss-reactive ketones (excluding diaryl/α,β-unsaturated/α-hetero) is 1. The minimum absolute atomic E-state index is 0.0174. The molecular weight excluding hydrogens is 692 g/mol. The molecule has 0 fully saturated rings. The van der Waals surface area contributed by atoms with Gasteiger partial charge in [-0.3, -0.25) is 19.2 Å². The monoisotopic (exact) mass is 732 g/mol. The van der Waals surface area contributed by atoms with Crippen molar-refractivity contribution in [1.82, 2.24) is 10.6 Å². The number of carbonyl (C=O) groups excluding carboxylic acids is 5. The van der Waals surface area contributed by atoms with Gasteiger partial charge in [-0.15, -0.1) is 0 Å². The first-order valence-electron chi connectivity index (χ1n) is 15.5. The number of methoxy groups -OCH3 is 1. The maximum atomic E-state index is 13.5. The third-order valence-electron chi connectivity index (χ3n) is 7.74. The molecule has 0 saturated heterocycles. The van der Waals surface area contributed by atoms with E-state index in [0.29, 0.717) is 21.9 Å². The lowest BCUT2D eigenvalue weighted by Crippen LogP contribution is -2.49. The van der Waals surface area contributed by atoms with Crippen molar-refractivity contribution in [1.29, 1.82) is 0 Å². The van der Waals surface area contributed by atoms with E-state index in [1.165, 1.54) is 19.3 Å². The summed E-state index contributed by atoms with van der Waals surface area (Å²) in [6.45, 7) is 7.00. The predicted molar refractivity (Wildman–Crippen MR) is 181 cm³/mol. The largest absolute Gasteiger partial charge is 0.495 e. The van der Waals surface area contributed by atoms with Crippen LogP contribution in [0.1, 0.15) is 56.5 Å². The Morgan fingerprint density at radius 1 is 1.04 bits per heavy atom. The molecule has 3 rings (SSSR count). The van der Waals surface area contributed by atoms with Crippen LogP contribution in [0.4, 0.5) is 0 Å². The van der Waals surface area contributed by atoms with Crippen molar-refractivity contribution in [2.24, 2.45) is 17.8 Å². The van der Waals surface area contributed by atoms with Gasteiger partial charge in [0.1, 0.15) is 17.9 Å². The highest BCUT2D eigenvalue weighted by Gasteiger charge is 2.35. The standard InChI is InChI=1S/C35H42BrClN2O8/c1-20(2)16-29-35(44)46-27(22(4)31(36)32(41)24-10-7-6-8-11-24)12-9-13-30(40)39-26(33(42)38-19-21(3)34(43)47-29)18-23-14-15-28(45-5)25(37)17-23/h6-11,13-15,17,20-22,26-27,29,31H,12,16,18-19H2,1-5H3,(H,38,42)(H,39,40)/b13-9+. The number of ether oxygens (including phenoxy) is 3. The fourth-order valence-corrected chi connectivity index (χ4v) is 5.82. The van der Waals surface area contributed by atoms with Crippen LogP contribution >= 0.6 is 27.5 Å². The van der Waals surface area contributed by atoms with Crippen molar-refractivity contribution >= 4 is 57.1 Å². The molecular formula is C35H42BrClN2O8. The quantitative estimate of drug-likeness (QED) is 0.203. The Kier molecular flexibility index (Phi) is 14.5. The SMILES string of the molecule is COc1ccc(CC2NC(=O)/C=C/CC(C(C)C(Br)C(=O)c3ccccc3)OC(=O)C(CC(C)C)OC(=O)C(C)CNC2=O)cc1Cl. The van der Waals surface area contributed by atoms with Gasteiger partial charge in [-0.2, -0.15) is 0 Å². The number of hydrogen-bond acceptors (Lipinski definition) is 8. The zero-order valence-corrected chi connectivity index (χ0v) is 29.5. The molecule has 2 aromatic rings. The summed E-state index contributed by atoms with van der Waals surface area (Å²) in [7, 11) is 1.49. The van der Waals surface area contributed by atoms with Crippen molar-refractivity contribution in [3.8, 4) is 5.75 Å². The van der Waals surface area contributed by atoms with E-state index in [9.17, 15) is 24.0 Å². The van der Waals surface area contributed by atoms with Crippen LogP contribution in [0.2, 0.25) is 5.02 Å². The predicted octanol–water partition coefficient (Wildman–Crippen LogP) is 5.24. The lowest BCUT2D eigenvalue weighted by Gasteiger charge is -2.29. The molecule has 47 heavy (non-hydrogen) atoms. The number of alkyl halides is 1. The van der Waals surface area contributed by atoms with E-state index in [4.69, 9.17) is 25.8 Å². The fraction of sp³-hybridized carbons (Fsp3) is 0.457. The Bertz CT molecular complexity index is 1450. The molecule has 0 bridgehead atoms. The van der Waals surface area contributed by atoms with Crippen molar-refractivity contribution < 1.29 is 38.2 Å². The third kappa shape index (κ3) is 11.2. The average Bonchev–Trinajstić information content (AvgIpc) is 3.04. The average molecular weight is 734 g/mol. The van der Waals surface area contributed by atoms with Crippen LogP contribution < -0.4 is 15.4 Å². The summed E-state index contributed by atoms with van der Waals surface area (Å²) in [5.41, 5.74) is 1.16. The summed E-state index contributed by atoms with van der Waals surface area (Å²) >= 11 is 9.79. The van der Waals surface area contributed by atoms with E-state index in [0.717, 1.165) is 0 Å². The second-order valence-corrected chi connectivity index (χ2v) is 13.4. The van der Waals surface area contributed by atoms with E-state index in [1.807, 2.05) is 13.8 Å². The highest BCUT2D eigenvalue weighted by molar-refractivity contribution is 9.10. The van der Waals surface area contributed by atoms with Crippen molar-refractivity contribution in [3.05, 3.63) is 76.8 Å². The van der Waals surface area contributed by atoms with Gasteiger partial charge in [0.2, 0.25) is 11.8 Å². The topological polar surface area (TPSA) is 137 Å². The van der Waals surface area contributed by atoms with Crippen LogP contribution in [0.3, 0.4) is 0 Å². The van der Waals surface area contributed by atoms with Crippen LogP contribution in [0.5, 0.6) is 5.75 Å². The number of hydrogen-bond donors (Lipinski definition) is 2. The van der Waals surface area contributed by atoms with Gasteiger partial charge in [-0.1, -0.05) is 97.7 Å². The molecule has 2 amide bonds. The summed E-state index contributed by atoms with van der Waals surface area (Å²) in [6.07, 6.45) is 1.08. The number of halogens is 2. The molecule has 0 aromatic heterocycles. The maximum absolute atomic E-state index is 13.5. The zero-order chi connectivity index (χ0) is 34.7. The molecule has 12 heteroatoms. The molecule has 2 aromatic carbocycles. The van der Waals surface area contributed by atoms with Crippen molar-refractivity contribution in [3.63, 3.8) is 0 Å². The van der Waals surface area contributed by atoms with Crippen LogP contribution in [0, 0.1) is 17.8 Å². The normalized spacial score (nSPS) is 23.5. The number of esters is 2. The molecule has 1 heterocycles. The molecule has 0 radical (unpaired) electrons. The Balaban J connectivity index is 1.93. The van der Waals surface area contributed by atoms with Crippen LogP contribution in [-0.4, -0.2) is 66.3 Å². The van der Waals surface area contributed by atoms with Crippen LogP contribution in [-0.2, 0) is 35.1 Å². The van der Waals surface area contributed by atoms with Gasteiger partial charge in [-0.05, 0) is 36.1 Å². The maximum Gasteiger partial charge on any atom is 0.347 e. The smallest absolute Gasteiger partial charge is 0.347 e. The Morgan fingerprint density at radius 3 is 2.38 bits per heavy atom. The van der Waals surface area contributed by atoms with Gasteiger partial charge >= 0.3 is 11.9 Å². The summed E-state index contributed by atoms with van der Waals surface area (Å²) in [6, 6.07) is 12.8. The number of cyclic esters (lactones) is 2. The number of nitrogens with one attached hydrogen (secondary N) is 2. The van der Waals surface area contributed by atoms with Gasteiger partial charge in [0, 0.05) is 30.9 Å². The number of rotatable bonds is 9. The summed E-state index contributed by atoms with van der Waals surface area (Å²) < 4.78 is 16.8. The van der Waals surface area contributed by atoms with E-state index < -0.39 is 58.7 Å². The molecule has 6 atom stereocenters. The van der Waals surface area contributed by atoms with Crippen LogP contribution in [0.15, 0.2) is 60.7 Å². The van der Waals surface area contributed by atoms with Gasteiger partial charge in [-0.25, -0.2) is 4.79 Å². The Hall–Kier alpha value is -3.70. The first kappa shape index (κ1) is 37.8. The Labute approximate surface area is 289 Å². The molecule has 0 aliphatic carbocycles. The summed E-state index contributed by atoms with van der Waals surface area (Å²) in [4.78, 5) is 65.5. The van der Waals surface area contributed by atoms with E-state index in [-0.39, 0.29) is 37.5 Å². The number of carbonyl (C=O) groups is 5. The number of benzene rings is 2. The van der Waals surface area contributed by atoms with Gasteiger partial charge in [0.25, 0.3) is 0 Å². The minimum atomic E-state index is -1.21. The molecule has 1 aliphatic heterocycles. The first-order valence-corrected chi connectivity index (χ1v) is 16.8. The number of amides is 2. The second kappa shape index (κ2) is 18.0. The van der Waals surface area contributed by atoms with E-state index in [2.05, 4.69) is 26.6 Å². The van der Waals surface area contributed by atoms with Gasteiger partial charge in [0.05, 0.1) is 22.9 Å². The van der Waals surface area contributed by atoms with Crippen LogP contribution in [0.25, 0.3) is 0 Å². The van der Waals surface area contributed by atoms with Crippen molar-refractivity contribution in [2.45, 2.75) is 70.0 Å². The molecule has 0 spiro atoms. The zero-order valence-electron chi connectivity index (χ0n) is 27.2. The lowest BCUT2D eigenvalue weighted by molar-refractivity contribution is -0.176.